The van der Waals surface area contributed by atoms with Gasteiger partial charge in [0.05, 0.1) is 6.61 Å². The predicted molar refractivity (Wildman–Crippen MR) is 73.9 cm³/mol. The third-order valence-corrected chi connectivity index (χ3v) is 3.36. The maximum absolute atomic E-state index is 9.41. The van der Waals surface area contributed by atoms with Crippen LogP contribution in [0.2, 0.25) is 0 Å². The van der Waals surface area contributed by atoms with E-state index in [1.54, 1.807) is 0 Å². The molecule has 0 bridgehead atoms. The molecule has 94 valence electrons. The summed E-state index contributed by atoms with van der Waals surface area (Å²) in [7, 11) is 0. The summed E-state index contributed by atoms with van der Waals surface area (Å²) >= 11 is 0. The fraction of sp³-hybridized carbons (Fsp3) is 0.467. The third-order valence-electron chi connectivity index (χ3n) is 3.36. The van der Waals surface area contributed by atoms with Crippen molar-refractivity contribution in [2.75, 3.05) is 13.2 Å². The van der Waals surface area contributed by atoms with Gasteiger partial charge in [-0.05, 0) is 18.4 Å². The molecule has 0 atom stereocenters. The molecule has 2 nitrogen and oxygen atoms in total. The smallest absolute Gasteiger partial charge is 0.0613 e. The number of hydrogen-bond donors (Lipinski definition) is 2. The minimum Gasteiger partial charge on any atom is -0.394 e. The molecule has 0 saturated heterocycles. The Bertz CT molecular complexity index is 320. The summed E-state index contributed by atoms with van der Waals surface area (Å²) in [6.45, 7) is 5.19. The molecular formula is C15H23NO. The fourth-order valence-electron chi connectivity index (χ4n) is 1.81. The summed E-state index contributed by atoms with van der Waals surface area (Å²) in [6, 6.07) is 10.2. The fourth-order valence-corrected chi connectivity index (χ4v) is 1.81. The quantitative estimate of drug-likeness (QED) is 0.759. The summed E-state index contributed by atoms with van der Waals surface area (Å²) in [4.78, 5) is 0. The minimum absolute atomic E-state index is 0.124. The van der Waals surface area contributed by atoms with Gasteiger partial charge in [0, 0.05) is 12.1 Å². The molecule has 1 aromatic rings. The molecule has 0 spiro atoms. The van der Waals surface area contributed by atoms with Crippen molar-refractivity contribution in [3.63, 3.8) is 0 Å². The largest absolute Gasteiger partial charge is 0.394 e. The summed E-state index contributed by atoms with van der Waals surface area (Å²) in [5, 5.41) is 12.8. The average molecular weight is 233 g/mol. The van der Waals surface area contributed by atoms with Crippen molar-refractivity contribution in [2.24, 2.45) is 0 Å². The van der Waals surface area contributed by atoms with Crippen LogP contribution in [0.15, 0.2) is 36.4 Å². The highest BCUT2D eigenvalue weighted by atomic mass is 16.3. The van der Waals surface area contributed by atoms with Gasteiger partial charge in [0.25, 0.3) is 0 Å². The Morgan fingerprint density at radius 2 is 1.82 bits per heavy atom. The summed E-state index contributed by atoms with van der Waals surface area (Å²) in [5.74, 6) is 0. The second-order valence-electron chi connectivity index (χ2n) is 4.34. The van der Waals surface area contributed by atoms with Gasteiger partial charge in [-0.25, -0.2) is 0 Å². The molecule has 0 saturated carbocycles. The summed E-state index contributed by atoms with van der Waals surface area (Å²) < 4.78 is 0. The third kappa shape index (κ3) is 4.33. The standard InChI is InChI=1S/C15H23NO/c1-3-15(4-2,13-17)16-12-8-11-14-9-6-5-7-10-14/h5-11,16-17H,3-4,12-13H2,1-2H3. The van der Waals surface area contributed by atoms with Crippen LogP contribution in [0.1, 0.15) is 32.3 Å². The van der Waals surface area contributed by atoms with E-state index in [9.17, 15) is 5.11 Å². The van der Waals surface area contributed by atoms with Crippen LogP contribution in [0.25, 0.3) is 6.08 Å². The van der Waals surface area contributed by atoms with Crippen molar-refractivity contribution < 1.29 is 5.11 Å². The van der Waals surface area contributed by atoms with Gasteiger partial charge in [-0.15, -0.1) is 0 Å². The van der Waals surface area contributed by atoms with Gasteiger partial charge >= 0.3 is 0 Å². The molecular weight excluding hydrogens is 210 g/mol. The van der Waals surface area contributed by atoms with Crippen LogP contribution >= 0.6 is 0 Å². The lowest BCUT2D eigenvalue weighted by Crippen LogP contribution is -2.47. The highest BCUT2D eigenvalue weighted by molar-refractivity contribution is 5.48. The van der Waals surface area contributed by atoms with Crippen LogP contribution in [0, 0.1) is 0 Å². The Morgan fingerprint density at radius 3 is 2.35 bits per heavy atom. The maximum Gasteiger partial charge on any atom is 0.0613 e. The van der Waals surface area contributed by atoms with Crippen LogP contribution in [-0.2, 0) is 0 Å². The van der Waals surface area contributed by atoms with Crippen molar-refractivity contribution in [3.05, 3.63) is 42.0 Å². The van der Waals surface area contributed by atoms with Crippen molar-refractivity contribution in [1.29, 1.82) is 0 Å². The molecule has 0 radical (unpaired) electrons. The number of aliphatic hydroxyl groups is 1. The zero-order valence-corrected chi connectivity index (χ0v) is 10.8. The lowest BCUT2D eigenvalue weighted by molar-refractivity contribution is 0.155. The maximum atomic E-state index is 9.41. The van der Waals surface area contributed by atoms with Crippen molar-refractivity contribution in [2.45, 2.75) is 32.2 Å². The molecule has 2 N–H and O–H groups in total. The SMILES string of the molecule is CCC(CC)(CO)NCC=Cc1ccccc1. The Kier molecular flexibility index (Phi) is 5.95. The Hall–Kier alpha value is -1.12. The molecule has 1 aromatic carbocycles. The van der Waals surface area contributed by atoms with Gasteiger partial charge in [-0.2, -0.15) is 0 Å². The number of benzene rings is 1. The Labute approximate surface area is 104 Å². The molecule has 0 unspecified atom stereocenters. The van der Waals surface area contributed by atoms with Gasteiger partial charge in [-0.1, -0.05) is 56.3 Å². The van der Waals surface area contributed by atoms with Crippen molar-refractivity contribution in [1.82, 2.24) is 5.32 Å². The number of aliphatic hydroxyl groups excluding tert-OH is 1. The van der Waals surface area contributed by atoms with E-state index >= 15 is 0 Å². The second-order valence-corrected chi connectivity index (χ2v) is 4.34. The molecule has 0 fully saturated rings. The number of rotatable bonds is 7. The molecule has 0 aliphatic carbocycles. The predicted octanol–water partition coefficient (Wildman–Crippen LogP) is 2.84. The summed E-state index contributed by atoms with van der Waals surface area (Å²) in [5.41, 5.74) is 1.08. The van der Waals surface area contributed by atoms with E-state index in [0.29, 0.717) is 0 Å². The Morgan fingerprint density at radius 1 is 1.18 bits per heavy atom. The zero-order chi connectivity index (χ0) is 12.6. The van der Waals surface area contributed by atoms with Crippen LogP contribution in [0.5, 0.6) is 0 Å². The van der Waals surface area contributed by atoms with E-state index in [-0.39, 0.29) is 12.1 Å². The lowest BCUT2D eigenvalue weighted by Gasteiger charge is -2.30. The topological polar surface area (TPSA) is 32.3 Å². The first-order valence-electron chi connectivity index (χ1n) is 6.34. The molecule has 1 rings (SSSR count). The lowest BCUT2D eigenvalue weighted by atomic mass is 9.94. The van der Waals surface area contributed by atoms with Gasteiger partial charge in [0.2, 0.25) is 0 Å². The average Bonchev–Trinajstić information content (AvgIpc) is 2.41. The first-order valence-corrected chi connectivity index (χ1v) is 6.34. The molecule has 17 heavy (non-hydrogen) atoms. The second kappa shape index (κ2) is 7.25. The van der Waals surface area contributed by atoms with Crippen LogP contribution < -0.4 is 5.32 Å². The monoisotopic (exact) mass is 233 g/mol. The van der Waals surface area contributed by atoms with E-state index < -0.39 is 0 Å². The highest BCUT2D eigenvalue weighted by Crippen LogP contribution is 2.13. The molecule has 0 aromatic heterocycles. The summed E-state index contributed by atoms with van der Waals surface area (Å²) in [6.07, 6.45) is 6.09. The van der Waals surface area contributed by atoms with Crippen LogP contribution in [0.4, 0.5) is 0 Å². The first kappa shape index (κ1) is 13.9. The van der Waals surface area contributed by atoms with Gasteiger partial charge in [0.1, 0.15) is 0 Å². The minimum atomic E-state index is -0.124. The molecule has 0 amide bonds. The van der Waals surface area contributed by atoms with Crippen LogP contribution in [0.3, 0.4) is 0 Å². The van der Waals surface area contributed by atoms with E-state index in [4.69, 9.17) is 0 Å². The number of nitrogens with one attached hydrogen (secondary N) is 1. The molecule has 0 aliphatic rings. The van der Waals surface area contributed by atoms with Gasteiger partial charge in [0.15, 0.2) is 0 Å². The van der Waals surface area contributed by atoms with Crippen molar-refractivity contribution >= 4 is 6.08 Å². The van der Waals surface area contributed by atoms with Gasteiger partial charge in [-0.3, -0.25) is 0 Å². The Balaban J connectivity index is 2.44. The van der Waals surface area contributed by atoms with Crippen LogP contribution in [-0.4, -0.2) is 23.8 Å². The van der Waals surface area contributed by atoms with E-state index in [2.05, 4.69) is 43.4 Å². The molecule has 0 heterocycles. The van der Waals surface area contributed by atoms with E-state index in [1.165, 1.54) is 5.56 Å². The number of hydrogen-bond acceptors (Lipinski definition) is 2. The van der Waals surface area contributed by atoms with E-state index in [1.807, 2.05) is 18.2 Å². The highest BCUT2D eigenvalue weighted by Gasteiger charge is 2.23. The molecule has 2 heteroatoms. The van der Waals surface area contributed by atoms with E-state index in [0.717, 1.165) is 19.4 Å². The first-order chi connectivity index (χ1) is 8.26. The van der Waals surface area contributed by atoms with Gasteiger partial charge < -0.3 is 10.4 Å². The molecule has 0 aliphatic heterocycles. The van der Waals surface area contributed by atoms with Crippen molar-refractivity contribution in [3.8, 4) is 0 Å². The normalized spacial score (nSPS) is 12.2. The zero-order valence-electron chi connectivity index (χ0n) is 10.8.